The number of fused-ring (bicyclic) bond motifs is 2. The molecule has 1 aliphatic heterocycles. The summed E-state index contributed by atoms with van der Waals surface area (Å²) in [4.78, 5) is 31.9. The van der Waals surface area contributed by atoms with Gasteiger partial charge in [0.1, 0.15) is 6.61 Å². The summed E-state index contributed by atoms with van der Waals surface area (Å²) in [6, 6.07) is 26.3. The van der Waals surface area contributed by atoms with Crippen LogP contribution in [0.3, 0.4) is 0 Å². The summed E-state index contributed by atoms with van der Waals surface area (Å²) in [6.45, 7) is 4.49. The van der Waals surface area contributed by atoms with Gasteiger partial charge >= 0.3 is 5.97 Å². The fourth-order valence-electron chi connectivity index (χ4n) is 5.38. The zero-order valence-electron chi connectivity index (χ0n) is 24.4. The van der Waals surface area contributed by atoms with E-state index in [1.54, 1.807) is 41.8 Å². The summed E-state index contributed by atoms with van der Waals surface area (Å²) in [5, 5.41) is 2.85. The Morgan fingerprint density at radius 3 is 2.55 bits per heavy atom. The minimum absolute atomic E-state index is 0.267. The van der Waals surface area contributed by atoms with Crippen molar-refractivity contribution in [1.82, 2.24) is 4.57 Å². The third kappa shape index (κ3) is 5.66. The van der Waals surface area contributed by atoms with Crippen LogP contribution in [-0.4, -0.2) is 24.3 Å². The molecule has 0 bridgehead atoms. The lowest BCUT2D eigenvalue weighted by Crippen LogP contribution is -2.39. The molecule has 9 heteroatoms. The second-order valence-electron chi connectivity index (χ2n) is 10.2. The summed E-state index contributed by atoms with van der Waals surface area (Å²) in [7, 11) is 1.32. The van der Waals surface area contributed by atoms with Crippen molar-refractivity contribution in [2.75, 3.05) is 13.7 Å². The molecule has 222 valence electrons. The van der Waals surface area contributed by atoms with E-state index in [4.69, 9.17) is 25.8 Å². The molecule has 0 aliphatic carbocycles. The van der Waals surface area contributed by atoms with Crippen LogP contribution in [0.15, 0.2) is 106 Å². The Morgan fingerprint density at radius 2 is 1.77 bits per heavy atom. The number of ether oxygens (including phenoxy) is 3. The Morgan fingerprint density at radius 1 is 1.00 bits per heavy atom. The largest absolute Gasteiger partial charge is 0.490 e. The van der Waals surface area contributed by atoms with E-state index in [1.165, 1.54) is 18.4 Å². The van der Waals surface area contributed by atoms with E-state index in [2.05, 4.69) is 29.3 Å². The fraction of sp³-hybridized carbons (Fsp3) is 0.171. The van der Waals surface area contributed by atoms with E-state index in [0.29, 0.717) is 50.3 Å². The van der Waals surface area contributed by atoms with Crippen LogP contribution in [-0.2, 0) is 16.1 Å². The van der Waals surface area contributed by atoms with Crippen LogP contribution in [0, 0.1) is 0 Å². The lowest BCUT2D eigenvalue weighted by atomic mass is 9.96. The maximum absolute atomic E-state index is 13.9. The summed E-state index contributed by atoms with van der Waals surface area (Å²) >= 11 is 7.40. The molecular formula is C35H29ClN2O5S. The SMILES string of the molecule is CCOc1cc(/C=c2\sc3n(c2=O)[C@H](c2ccc(Cl)cc2)C(C(=O)OC)=C(C)N=3)ccc1OCc1cccc2ccccc12. The van der Waals surface area contributed by atoms with Crippen LogP contribution in [0.4, 0.5) is 0 Å². The Labute approximate surface area is 262 Å². The zero-order chi connectivity index (χ0) is 30.8. The topological polar surface area (TPSA) is 79.1 Å². The molecule has 0 fully saturated rings. The van der Waals surface area contributed by atoms with E-state index >= 15 is 0 Å². The highest BCUT2D eigenvalue weighted by atomic mass is 35.5. The Hall–Kier alpha value is -4.66. The predicted octanol–water partition coefficient (Wildman–Crippen LogP) is 6.19. The Bertz CT molecular complexity index is 2090. The fourth-order valence-corrected chi connectivity index (χ4v) is 6.55. The van der Waals surface area contributed by atoms with Crippen LogP contribution in [0.1, 0.15) is 36.6 Å². The van der Waals surface area contributed by atoms with Crippen LogP contribution in [0.25, 0.3) is 16.8 Å². The number of nitrogens with zero attached hydrogens (tertiary/aromatic N) is 2. The van der Waals surface area contributed by atoms with Gasteiger partial charge in [-0.3, -0.25) is 9.36 Å². The number of allylic oxidation sites excluding steroid dienone is 1. The lowest BCUT2D eigenvalue weighted by molar-refractivity contribution is -0.136. The van der Waals surface area contributed by atoms with Gasteiger partial charge in [0.2, 0.25) is 0 Å². The first-order valence-corrected chi connectivity index (χ1v) is 15.3. The summed E-state index contributed by atoms with van der Waals surface area (Å²) in [5.41, 5.74) is 3.10. The standard InChI is InChI=1S/C35H29ClN2O5S/c1-4-42-29-18-22(12-17-28(29)43-20-25-10-7-9-23-8-5-6-11-27(23)25)19-30-33(39)38-32(24-13-15-26(36)16-14-24)31(34(40)41-3)21(2)37-35(38)44-30/h5-19,32H,4,20H2,1-3H3/b30-19-/t32-/m1/s1. The van der Waals surface area contributed by atoms with Crippen LogP contribution in [0.5, 0.6) is 11.5 Å². The van der Waals surface area contributed by atoms with Crippen LogP contribution in [0.2, 0.25) is 5.02 Å². The van der Waals surface area contributed by atoms with E-state index in [1.807, 2.05) is 43.3 Å². The van der Waals surface area contributed by atoms with Gasteiger partial charge in [0.15, 0.2) is 16.3 Å². The third-order valence-electron chi connectivity index (χ3n) is 7.44. The van der Waals surface area contributed by atoms with Crippen LogP contribution >= 0.6 is 22.9 Å². The monoisotopic (exact) mass is 624 g/mol. The molecule has 6 rings (SSSR count). The van der Waals surface area contributed by atoms with E-state index in [9.17, 15) is 9.59 Å². The predicted molar refractivity (Wildman–Crippen MR) is 173 cm³/mol. The number of hydrogen-bond acceptors (Lipinski definition) is 7. The van der Waals surface area contributed by atoms with Gasteiger partial charge in [-0.2, -0.15) is 0 Å². The molecule has 1 aromatic heterocycles. The number of esters is 1. The molecular weight excluding hydrogens is 596 g/mol. The number of thiazole rings is 1. The number of carbonyl (C=O) groups is 1. The minimum atomic E-state index is -0.707. The average Bonchev–Trinajstić information content (AvgIpc) is 3.33. The highest BCUT2D eigenvalue weighted by molar-refractivity contribution is 7.07. The minimum Gasteiger partial charge on any atom is -0.490 e. The molecule has 1 atom stereocenters. The number of methoxy groups -OCH3 is 1. The molecule has 0 saturated carbocycles. The van der Waals surface area contributed by atoms with E-state index in [0.717, 1.165) is 27.5 Å². The van der Waals surface area contributed by atoms with Crippen molar-refractivity contribution in [2.24, 2.45) is 4.99 Å². The van der Waals surface area contributed by atoms with Gasteiger partial charge in [-0.05, 0) is 71.7 Å². The van der Waals surface area contributed by atoms with Crippen molar-refractivity contribution in [1.29, 1.82) is 0 Å². The van der Waals surface area contributed by atoms with Crippen molar-refractivity contribution in [3.63, 3.8) is 0 Å². The van der Waals surface area contributed by atoms with Crippen molar-refractivity contribution in [2.45, 2.75) is 26.5 Å². The second kappa shape index (κ2) is 12.5. The zero-order valence-corrected chi connectivity index (χ0v) is 25.9. The number of rotatable bonds is 8. The summed E-state index contributed by atoms with van der Waals surface area (Å²) in [6.07, 6.45) is 1.80. The molecule has 0 amide bonds. The van der Waals surface area contributed by atoms with Crippen LogP contribution < -0.4 is 24.4 Å². The molecule has 0 unspecified atom stereocenters. The maximum Gasteiger partial charge on any atom is 0.338 e. The summed E-state index contributed by atoms with van der Waals surface area (Å²) < 4.78 is 19.3. The number of halogens is 1. The molecule has 0 spiro atoms. The molecule has 2 heterocycles. The van der Waals surface area contributed by atoms with Gasteiger partial charge in [0.05, 0.1) is 35.6 Å². The third-order valence-corrected chi connectivity index (χ3v) is 8.68. The van der Waals surface area contributed by atoms with E-state index < -0.39 is 12.0 Å². The Kier molecular flexibility index (Phi) is 8.37. The van der Waals surface area contributed by atoms with Gasteiger partial charge in [-0.15, -0.1) is 0 Å². The first-order chi connectivity index (χ1) is 21.4. The first-order valence-electron chi connectivity index (χ1n) is 14.1. The number of aromatic nitrogens is 1. The van der Waals surface area contributed by atoms with Gasteiger partial charge < -0.3 is 14.2 Å². The molecule has 7 nitrogen and oxygen atoms in total. The molecule has 0 saturated heterocycles. The van der Waals surface area contributed by atoms with Crippen molar-refractivity contribution in [3.8, 4) is 11.5 Å². The second-order valence-corrected chi connectivity index (χ2v) is 11.6. The average molecular weight is 625 g/mol. The molecule has 4 aromatic carbocycles. The Balaban J connectivity index is 1.37. The normalized spacial score (nSPS) is 14.7. The van der Waals surface area contributed by atoms with Gasteiger partial charge in [0, 0.05) is 5.02 Å². The number of benzene rings is 4. The summed E-state index contributed by atoms with van der Waals surface area (Å²) in [5.74, 6) is 0.650. The number of carbonyl (C=O) groups excluding carboxylic acids is 1. The molecule has 5 aromatic rings. The van der Waals surface area contributed by atoms with E-state index in [-0.39, 0.29) is 5.56 Å². The van der Waals surface area contributed by atoms with Crippen molar-refractivity contribution < 1.29 is 19.0 Å². The highest BCUT2D eigenvalue weighted by Crippen LogP contribution is 2.32. The van der Waals surface area contributed by atoms with Gasteiger partial charge in [-0.1, -0.05) is 83.6 Å². The van der Waals surface area contributed by atoms with Crippen molar-refractivity contribution in [3.05, 3.63) is 138 Å². The molecule has 0 N–H and O–H groups in total. The highest BCUT2D eigenvalue weighted by Gasteiger charge is 2.33. The molecule has 44 heavy (non-hydrogen) atoms. The smallest absolute Gasteiger partial charge is 0.338 e. The lowest BCUT2D eigenvalue weighted by Gasteiger charge is -2.24. The quantitative estimate of drug-likeness (QED) is 0.192. The molecule has 0 radical (unpaired) electrons. The first kappa shape index (κ1) is 29.4. The maximum atomic E-state index is 13.9. The van der Waals surface area contributed by atoms with Gasteiger partial charge in [0.25, 0.3) is 5.56 Å². The molecule has 1 aliphatic rings. The number of hydrogen-bond donors (Lipinski definition) is 0. The van der Waals surface area contributed by atoms with Crippen molar-refractivity contribution >= 4 is 45.8 Å². The van der Waals surface area contributed by atoms with Gasteiger partial charge in [-0.25, -0.2) is 9.79 Å².